The highest BCUT2D eigenvalue weighted by atomic mass is 19.1. The first-order valence-corrected chi connectivity index (χ1v) is 4.45. The highest BCUT2D eigenvalue weighted by Gasteiger charge is 2.03. The summed E-state index contributed by atoms with van der Waals surface area (Å²) in [5, 5.41) is 3.72. The van der Waals surface area contributed by atoms with Crippen molar-refractivity contribution in [2.75, 3.05) is 12.4 Å². The van der Waals surface area contributed by atoms with E-state index in [1.807, 2.05) is 25.1 Å². The number of nitrogens with zero attached hydrogens (tertiary/aromatic N) is 1. The number of benzene rings is 1. The molecule has 0 unspecified atom stereocenters. The first-order chi connectivity index (χ1) is 6.70. The summed E-state index contributed by atoms with van der Waals surface area (Å²) in [4.78, 5) is 4.15. The number of rotatable bonds is 1. The molecule has 0 spiro atoms. The van der Waals surface area contributed by atoms with Gasteiger partial charge >= 0.3 is 0 Å². The van der Waals surface area contributed by atoms with Crippen LogP contribution in [0.4, 0.5) is 10.2 Å². The van der Waals surface area contributed by atoms with Crippen molar-refractivity contribution in [1.82, 2.24) is 4.98 Å². The number of anilines is 1. The van der Waals surface area contributed by atoms with Crippen molar-refractivity contribution >= 4 is 16.7 Å². The zero-order valence-electron chi connectivity index (χ0n) is 8.13. The second-order valence-corrected chi connectivity index (χ2v) is 3.26. The predicted octanol–water partition coefficient (Wildman–Crippen LogP) is 2.72. The molecule has 72 valence electrons. The standard InChI is InChI=1S/C11H11FN2/c1-7-5-8-3-4-10(13-2)14-11(8)9(12)6-7/h3-6H,1-2H3,(H,13,14). The van der Waals surface area contributed by atoms with Gasteiger partial charge in [-0.25, -0.2) is 9.37 Å². The van der Waals surface area contributed by atoms with Gasteiger partial charge in [0.25, 0.3) is 0 Å². The number of pyridine rings is 1. The van der Waals surface area contributed by atoms with E-state index in [1.165, 1.54) is 6.07 Å². The number of nitrogens with one attached hydrogen (secondary N) is 1. The summed E-state index contributed by atoms with van der Waals surface area (Å²) in [6.07, 6.45) is 0. The lowest BCUT2D eigenvalue weighted by Gasteiger charge is -2.03. The van der Waals surface area contributed by atoms with E-state index in [2.05, 4.69) is 10.3 Å². The van der Waals surface area contributed by atoms with Gasteiger partial charge in [0.05, 0.1) is 0 Å². The molecule has 0 aliphatic carbocycles. The van der Waals surface area contributed by atoms with Crippen molar-refractivity contribution in [3.05, 3.63) is 35.6 Å². The first kappa shape index (κ1) is 8.94. The Bertz CT molecular complexity index is 480. The van der Waals surface area contributed by atoms with Gasteiger partial charge in [-0.3, -0.25) is 0 Å². The minimum atomic E-state index is -0.267. The molecule has 0 saturated heterocycles. The van der Waals surface area contributed by atoms with Crippen LogP contribution in [-0.4, -0.2) is 12.0 Å². The Morgan fingerprint density at radius 3 is 2.79 bits per heavy atom. The van der Waals surface area contributed by atoms with Crippen LogP contribution in [0.1, 0.15) is 5.56 Å². The predicted molar refractivity (Wildman–Crippen MR) is 56.0 cm³/mol. The zero-order valence-corrected chi connectivity index (χ0v) is 8.13. The molecule has 0 fully saturated rings. The second kappa shape index (κ2) is 3.25. The van der Waals surface area contributed by atoms with Crippen molar-refractivity contribution in [3.8, 4) is 0 Å². The summed E-state index contributed by atoms with van der Waals surface area (Å²) < 4.78 is 13.5. The monoisotopic (exact) mass is 190 g/mol. The molecule has 1 N–H and O–H groups in total. The van der Waals surface area contributed by atoms with Crippen molar-refractivity contribution in [2.24, 2.45) is 0 Å². The molecule has 2 nitrogen and oxygen atoms in total. The van der Waals surface area contributed by atoms with Crippen LogP contribution < -0.4 is 5.32 Å². The summed E-state index contributed by atoms with van der Waals surface area (Å²) in [5.41, 5.74) is 1.33. The van der Waals surface area contributed by atoms with E-state index in [0.29, 0.717) is 11.3 Å². The molecule has 2 rings (SSSR count). The molecule has 0 bridgehead atoms. The van der Waals surface area contributed by atoms with Crippen LogP contribution in [0, 0.1) is 12.7 Å². The molecule has 0 amide bonds. The van der Waals surface area contributed by atoms with Crippen molar-refractivity contribution in [2.45, 2.75) is 6.92 Å². The quantitative estimate of drug-likeness (QED) is 0.747. The fraction of sp³-hybridized carbons (Fsp3) is 0.182. The molecule has 2 aromatic rings. The molecule has 0 atom stereocenters. The molecule has 0 radical (unpaired) electrons. The van der Waals surface area contributed by atoms with E-state index in [0.717, 1.165) is 10.9 Å². The molecule has 0 aliphatic heterocycles. The summed E-state index contributed by atoms with van der Waals surface area (Å²) in [5.74, 6) is 0.414. The van der Waals surface area contributed by atoms with Crippen molar-refractivity contribution in [3.63, 3.8) is 0 Å². The molecule has 0 saturated carbocycles. The summed E-state index contributed by atoms with van der Waals surface area (Å²) >= 11 is 0. The fourth-order valence-electron chi connectivity index (χ4n) is 1.47. The molecular formula is C11H11FN2. The molecule has 1 aromatic carbocycles. The highest BCUT2D eigenvalue weighted by Crippen LogP contribution is 2.19. The molecule has 0 aliphatic rings. The van der Waals surface area contributed by atoms with Gasteiger partial charge in [0.1, 0.15) is 17.2 Å². The van der Waals surface area contributed by atoms with Gasteiger partial charge in [-0.2, -0.15) is 0 Å². The molecule has 1 aromatic heterocycles. The number of aromatic nitrogens is 1. The first-order valence-electron chi connectivity index (χ1n) is 4.45. The number of hydrogen-bond donors (Lipinski definition) is 1. The second-order valence-electron chi connectivity index (χ2n) is 3.26. The Morgan fingerprint density at radius 2 is 2.07 bits per heavy atom. The Kier molecular flexibility index (Phi) is 2.08. The normalized spacial score (nSPS) is 10.5. The van der Waals surface area contributed by atoms with Crippen LogP contribution in [-0.2, 0) is 0 Å². The molecule has 3 heteroatoms. The number of halogens is 1. The van der Waals surface area contributed by atoms with Crippen LogP contribution >= 0.6 is 0 Å². The van der Waals surface area contributed by atoms with Crippen LogP contribution in [0.25, 0.3) is 10.9 Å². The third-order valence-electron chi connectivity index (χ3n) is 2.15. The molecule has 1 heterocycles. The topological polar surface area (TPSA) is 24.9 Å². The van der Waals surface area contributed by atoms with E-state index in [-0.39, 0.29) is 5.82 Å². The lowest BCUT2D eigenvalue weighted by atomic mass is 10.1. The third kappa shape index (κ3) is 1.41. The maximum absolute atomic E-state index is 13.5. The Morgan fingerprint density at radius 1 is 1.29 bits per heavy atom. The zero-order chi connectivity index (χ0) is 10.1. The largest absolute Gasteiger partial charge is 0.373 e. The van der Waals surface area contributed by atoms with Gasteiger partial charge < -0.3 is 5.32 Å². The minimum Gasteiger partial charge on any atom is -0.373 e. The third-order valence-corrected chi connectivity index (χ3v) is 2.15. The lowest BCUT2D eigenvalue weighted by molar-refractivity contribution is 0.636. The summed E-state index contributed by atoms with van der Waals surface area (Å²) in [6, 6.07) is 7.12. The Balaban J connectivity index is 2.75. The van der Waals surface area contributed by atoms with Crippen LogP contribution in [0.2, 0.25) is 0 Å². The van der Waals surface area contributed by atoms with Gasteiger partial charge in [0, 0.05) is 12.4 Å². The number of hydrogen-bond acceptors (Lipinski definition) is 2. The number of fused-ring (bicyclic) bond motifs is 1. The summed E-state index contributed by atoms with van der Waals surface area (Å²) in [7, 11) is 1.76. The number of aryl methyl sites for hydroxylation is 1. The van der Waals surface area contributed by atoms with E-state index >= 15 is 0 Å². The average Bonchev–Trinajstić information content (AvgIpc) is 2.17. The van der Waals surface area contributed by atoms with Gasteiger partial charge in [-0.05, 0) is 36.8 Å². The van der Waals surface area contributed by atoms with Crippen LogP contribution in [0.15, 0.2) is 24.3 Å². The van der Waals surface area contributed by atoms with Crippen molar-refractivity contribution < 1.29 is 4.39 Å². The van der Waals surface area contributed by atoms with E-state index in [4.69, 9.17) is 0 Å². The SMILES string of the molecule is CNc1ccc2cc(C)cc(F)c2n1. The maximum atomic E-state index is 13.5. The van der Waals surface area contributed by atoms with Gasteiger partial charge in [0.15, 0.2) is 0 Å². The lowest BCUT2D eigenvalue weighted by Crippen LogP contribution is -1.93. The van der Waals surface area contributed by atoms with E-state index in [1.54, 1.807) is 7.05 Å². The van der Waals surface area contributed by atoms with Gasteiger partial charge in [0.2, 0.25) is 0 Å². The molecule has 14 heavy (non-hydrogen) atoms. The van der Waals surface area contributed by atoms with Crippen molar-refractivity contribution in [1.29, 1.82) is 0 Å². The maximum Gasteiger partial charge on any atom is 0.149 e. The molecular weight excluding hydrogens is 179 g/mol. The average molecular weight is 190 g/mol. The van der Waals surface area contributed by atoms with Crippen LogP contribution in [0.3, 0.4) is 0 Å². The van der Waals surface area contributed by atoms with Crippen LogP contribution in [0.5, 0.6) is 0 Å². The Labute approximate surface area is 81.8 Å². The van der Waals surface area contributed by atoms with E-state index < -0.39 is 0 Å². The Hall–Kier alpha value is -1.64. The smallest absolute Gasteiger partial charge is 0.149 e. The fourth-order valence-corrected chi connectivity index (χ4v) is 1.47. The minimum absolute atomic E-state index is 0.267. The summed E-state index contributed by atoms with van der Waals surface area (Å²) in [6.45, 7) is 1.87. The highest BCUT2D eigenvalue weighted by molar-refractivity contribution is 5.81. The van der Waals surface area contributed by atoms with Gasteiger partial charge in [-0.1, -0.05) is 0 Å². The van der Waals surface area contributed by atoms with E-state index in [9.17, 15) is 4.39 Å². The van der Waals surface area contributed by atoms with Gasteiger partial charge in [-0.15, -0.1) is 0 Å².